The molecule has 4 rings (SSSR count). The molecule has 23 heavy (non-hydrogen) atoms. The highest BCUT2D eigenvalue weighted by molar-refractivity contribution is 6.22. The maximum absolute atomic E-state index is 12.4. The van der Waals surface area contributed by atoms with Crippen LogP contribution in [0.2, 0.25) is 0 Å². The number of fused-ring (bicyclic) bond motifs is 2. The highest BCUT2D eigenvalue weighted by Crippen LogP contribution is 2.27. The van der Waals surface area contributed by atoms with Gasteiger partial charge < -0.3 is 10.2 Å². The van der Waals surface area contributed by atoms with Crippen molar-refractivity contribution in [1.82, 2.24) is 15.1 Å². The van der Waals surface area contributed by atoms with Crippen LogP contribution in [0.1, 0.15) is 20.7 Å². The van der Waals surface area contributed by atoms with E-state index in [-0.39, 0.29) is 36.7 Å². The van der Waals surface area contributed by atoms with Gasteiger partial charge in [0.1, 0.15) is 6.54 Å². The van der Waals surface area contributed by atoms with E-state index in [1.807, 2.05) is 0 Å². The van der Waals surface area contributed by atoms with Crippen LogP contribution in [-0.4, -0.2) is 60.2 Å². The number of hydrogen-bond donors (Lipinski definition) is 1. The second-order valence-corrected chi connectivity index (χ2v) is 6.22. The van der Waals surface area contributed by atoms with Gasteiger partial charge in [-0.15, -0.1) is 12.4 Å². The van der Waals surface area contributed by atoms with Crippen molar-refractivity contribution in [3.8, 4) is 0 Å². The smallest absolute Gasteiger partial charge is 0.262 e. The van der Waals surface area contributed by atoms with Crippen LogP contribution in [0.25, 0.3) is 0 Å². The van der Waals surface area contributed by atoms with Gasteiger partial charge >= 0.3 is 0 Å². The number of nitrogens with one attached hydrogen (secondary N) is 1. The van der Waals surface area contributed by atoms with Gasteiger partial charge in [-0.3, -0.25) is 19.3 Å². The normalized spacial score (nSPS) is 25.4. The third-order valence-electron chi connectivity index (χ3n) is 4.91. The van der Waals surface area contributed by atoms with Gasteiger partial charge in [-0.2, -0.15) is 0 Å². The number of benzene rings is 1. The molecule has 6 nitrogen and oxygen atoms in total. The Morgan fingerprint density at radius 3 is 2.09 bits per heavy atom. The molecule has 1 aromatic carbocycles. The zero-order valence-electron chi connectivity index (χ0n) is 12.5. The molecule has 0 saturated carbocycles. The fraction of sp³-hybridized carbons (Fsp3) is 0.438. The van der Waals surface area contributed by atoms with E-state index in [1.165, 1.54) is 0 Å². The summed E-state index contributed by atoms with van der Waals surface area (Å²) in [6.45, 7) is 3.18. The summed E-state index contributed by atoms with van der Waals surface area (Å²) in [5.41, 5.74) is 0.783. The van der Waals surface area contributed by atoms with Crippen molar-refractivity contribution in [3.63, 3.8) is 0 Å². The van der Waals surface area contributed by atoms with Crippen molar-refractivity contribution in [3.05, 3.63) is 35.4 Å². The number of carbonyl (C=O) groups is 3. The lowest BCUT2D eigenvalue weighted by Crippen LogP contribution is -2.42. The Morgan fingerprint density at radius 2 is 1.57 bits per heavy atom. The first kappa shape index (κ1) is 16.0. The molecule has 7 heteroatoms. The first-order valence-electron chi connectivity index (χ1n) is 7.59. The first-order chi connectivity index (χ1) is 10.6. The van der Waals surface area contributed by atoms with Gasteiger partial charge in [0.2, 0.25) is 5.91 Å². The van der Waals surface area contributed by atoms with E-state index >= 15 is 0 Å². The number of nitrogens with zero attached hydrogens (tertiary/aromatic N) is 2. The molecule has 122 valence electrons. The van der Waals surface area contributed by atoms with Gasteiger partial charge in [0.25, 0.3) is 11.8 Å². The topological polar surface area (TPSA) is 69.7 Å². The minimum Gasteiger partial charge on any atom is -0.340 e. The van der Waals surface area contributed by atoms with E-state index in [9.17, 15) is 14.4 Å². The van der Waals surface area contributed by atoms with Crippen LogP contribution in [0.3, 0.4) is 0 Å². The van der Waals surface area contributed by atoms with Crippen LogP contribution in [0.4, 0.5) is 0 Å². The largest absolute Gasteiger partial charge is 0.340 e. The Labute approximate surface area is 140 Å². The Bertz CT molecular complexity index is 631. The highest BCUT2D eigenvalue weighted by atomic mass is 35.5. The summed E-state index contributed by atoms with van der Waals surface area (Å²) in [6, 6.07) is 6.71. The summed E-state index contributed by atoms with van der Waals surface area (Å²) < 4.78 is 0. The van der Waals surface area contributed by atoms with Gasteiger partial charge in [-0.05, 0) is 24.0 Å². The molecule has 0 unspecified atom stereocenters. The molecule has 0 aliphatic carbocycles. The van der Waals surface area contributed by atoms with Crippen molar-refractivity contribution < 1.29 is 14.4 Å². The van der Waals surface area contributed by atoms with Crippen molar-refractivity contribution in [2.45, 2.75) is 0 Å². The number of amides is 3. The van der Waals surface area contributed by atoms with Crippen LogP contribution in [0.15, 0.2) is 24.3 Å². The van der Waals surface area contributed by atoms with Crippen molar-refractivity contribution in [2.75, 3.05) is 32.7 Å². The molecule has 0 bridgehead atoms. The minimum absolute atomic E-state index is 0. The van der Waals surface area contributed by atoms with Crippen LogP contribution in [0.5, 0.6) is 0 Å². The van der Waals surface area contributed by atoms with Crippen LogP contribution in [-0.2, 0) is 4.79 Å². The predicted molar refractivity (Wildman–Crippen MR) is 85.5 cm³/mol. The van der Waals surface area contributed by atoms with Gasteiger partial charge in [0.05, 0.1) is 11.1 Å². The summed E-state index contributed by atoms with van der Waals surface area (Å²) in [6.07, 6.45) is 0. The standard InChI is InChI=1S/C16H17N3O3.ClH/c20-14(18-7-10-5-17-6-11(10)8-18)9-19-15(21)12-3-1-2-4-13(12)16(19)22;/h1-4,10-11,17H,5-9H2;1H/t10-,11+;. The molecular weight excluding hydrogens is 318 g/mol. The number of halogens is 1. The van der Waals surface area contributed by atoms with Gasteiger partial charge in [-0.25, -0.2) is 0 Å². The van der Waals surface area contributed by atoms with Crippen LogP contribution in [0, 0.1) is 11.8 Å². The van der Waals surface area contributed by atoms with E-state index < -0.39 is 0 Å². The molecule has 0 spiro atoms. The number of carbonyl (C=O) groups excluding carboxylic acids is 3. The lowest BCUT2D eigenvalue weighted by Gasteiger charge is -2.21. The fourth-order valence-corrected chi connectivity index (χ4v) is 3.68. The number of hydrogen-bond acceptors (Lipinski definition) is 4. The second-order valence-electron chi connectivity index (χ2n) is 6.22. The van der Waals surface area contributed by atoms with Gasteiger partial charge in [-0.1, -0.05) is 12.1 Å². The van der Waals surface area contributed by atoms with E-state index in [0.29, 0.717) is 23.0 Å². The maximum Gasteiger partial charge on any atom is 0.262 e. The average molecular weight is 336 g/mol. The Kier molecular flexibility index (Phi) is 4.12. The van der Waals surface area contributed by atoms with E-state index in [1.54, 1.807) is 29.2 Å². The van der Waals surface area contributed by atoms with E-state index in [2.05, 4.69) is 5.32 Å². The molecule has 1 N–H and O–H groups in total. The monoisotopic (exact) mass is 335 g/mol. The van der Waals surface area contributed by atoms with Gasteiger partial charge in [0, 0.05) is 26.2 Å². The summed E-state index contributed by atoms with van der Waals surface area (Å²) in [5, 5.41) is 3.33. The zero-order chi connectivity index (χ0) is 15.3. The number of rotatable bonds is 2. The summed E-state index contributed by atoms with van der Waals surface area (Å²) >= 11 is 0. The van der Waals surface area contributed by atoms with Crippen molar-refractivity contribution >= 4 is 30.1 Å². The molecule has 0 radical (unpaired) electrons. The summed E-state index contributed by atoms with van der Waals surface area (Å²) in [4.78, 5) is 39.8. The Morgan fingerprint density at radius 1 is 1.04 bits per heavy atom. The minimum atomic E-state index is -0.366. The molecule has 3 aliphatic rings. The van der Waals surface area contributed by atoms with Crippen LogP contribution >= 0.6 is 12.4 Å². The maximum atomic E-state index is 12.4. The molecule has 3 heterocycles. The highest BCUT2D eigenvalue weighted by Gasteiger charge is 2.41. The lowest BCUT2D eigenvalue weighted by atomic mass is 10.0. The molecule has 3 amide bonds. The molecule has 2 fully saturated rings. The lowest BCUT2D eigenvalue weighted by molar-refractivity contribution is -0.130. The molecule has 0 aromatic heterocycles. The average Bonchev–Trinajstić information content (AvgIpc) is 3.17. The van der Waals surface area contributed by atoms with Gasteiger partial charge in [0.15, 0.2) is 0 Å². The Hall–Kier alpha value is -1.92. The third-order valence-corrected chi connectivity index (χ3v) is 4.91. The molecular formula is C16H18ClN3O3. The number of likely N-dealkylation sites (tertiary alicyclic amines) is 1. The molecule has 3 aliphatic heterocycles. The molecule has 2 atom stereocenters. The quantitative estimate of drug-likeness (QED) is 0.793. The van der Waals surface area contributed by atoms with Crippen molar-refractivity contribution in [1.29, 1.82) is 0 Å². The van der Waals surface area contributed by atoms with E-state index in [4.69, 9.17) is 0 Å². The molecule has 2 saturated heterocycles. The predicted octanol–water partition coefficient (Wildman–Crippen LogP) is 0.382. The fourth-order valence-electron chi connectivity index (χ4n) is 3.68. The van der Waals surface area contributed by atoms with E-state index in [0.717, 1.165) is 31.1 Å². The Balaban J connectivity index is 0.00000156. The summed E-state index contributed by atoms with van der Waals surface area (Å²) in [7, 11) is 0. The SMILES string of the molecule is Cl.O=C(CN1C(=O)c2ccccc2C1=O)N1C[C@H]2CNC[C@H]2C1. The van der Waals surface area contributed by atoms with Crippen LogP contribution < -0.4 is 5.32 Å². The molecule has 1 aromatic rings. The number of imide groups is 1. The summed E-state index contributed by atoms with van der Waals surface area (Å²) in [5.74, 6) is 0.145. The third kappa shape index (κ3) is 2.52. The first-order valence-corrected chi connectivity index (χ1v) is 7.59. The second kappa shape index (κ2) is 5.94. The van der Waals surface area contributed by atoms with Crippen molar-refractivity contribution in [2.24, 2.45) is 11.8 Å². The zero-order valence-corrected chi connectivity index (χ0v) is 13.3.